The Bertz CT molecular complexity index is 516. The quantitative estimate of drug-likeness (QED) is 0.897. The Hall–Kier alpha value is -1.38. The van der Waals surface area contributed by atoms with Gasteiger partial charge in [0.1, 0.15) is 5.82 Å². The molecule has 0 aliphatic carbocycles. The van der Waals surface area contributed by atoms with E-state index in [1.807, 2.05) is 6.07 Å². The molecular weight excluding hydrogens is 273 g/mol. The molecule has 2 aromatic rings. The van der Waals surface area contributed by atoms with E-state index in [1.165, 1.54) is 22.8 Å². The van der Waals surface area contributed by atoms with Crippen molar-refractivity contribution in [3.63, 3.8) is 0 Å². The fourth-order valence-electron chi connectivity index (χ4n) is 2.49. The molecular formula is C17H19ClFN. The first-order valence-electron chi connectivity index (χ1n) is 6.72. The number of rotatable bonds is 4. The third kappa shape index (κ3) is 3.38. The van der Waals surface area contributed by atoms with Gasteiger partial charge in [0.05, 0.1) is 0 Å². The van der Waals surface area contributed by atoms with Crippen LogP contribution >= 0.6 is 11.6 Å². The number of aryl methyl sites for hydroxylation is 2. The third-order valence-corrected chi connectivity index (χ3v) is 3.99. The summed E-state index contributed by atoms with van der Waals surface area (Å²) in [5, 5.41) is 0.446. The monoisotopic (exact) mass is 291 g/mol. The maximum Gasteiger partial charge on any atom is 0.127 e. The highest BCUT2D eigenvalue weighted by atomic mass is 35.5. The lowest BCUT2D eigenvalue weighted by Gasteiger charge is -2.16. The summed E-state index contributed by atoms with van der Waals surface area (Å²) in [7, 11) is 0. The van der Waals surface area contributed by atoms with E-state index in [4.69, 9.17) is 17.3 Å². The van der Waals surface area contributed by atoms with Crippen LogP contribution in [-0.2, 0) is 12.8 Å². The van der Waals surface area contributed by atoms with Gasteiger partial charge in [0.15, 0.2) is 0 Å². The second-order valence-electron chi connectivity index (χ2n) is 5.24. The Morgan fingerprint density at radius 3 is 2.15 bits per heavy atom. The molecule has 0 aliphatic rings. The molecule has 2 N–H and O–H groups in total. The smallest absolute Gasteiger partial charge is 0.127 e. The summed E-state index contributed by atoms with van der Waals surface area (Å²) in [6.45, 7) is 4.15. The first kappa shape index (κ1) is 15.0. The molecule has 2 rings (SSSR count). The predicted molar refractivity (Wildman–Crippen MR) is 82.7 cm³/mol. The topological polar surface area (TPSA) is 26.0 Å². The van der Waals surface area contributed by atoms with Gasteiger partial charge in [0, 0.05) is 16.6 Å². The van der Waals surface area contributed by atoms with E-state index >= 15 is 0 Å². The van der Waals surface area contributed by atoms with Gasteiger partial charge < -0.3 is 5.73 Å². The molecule has 0 bridgehead atoms. The van der Waals surface area contributed by atoms with Crippen molar-refractivity contribution in [3.05, 3.63) is 69.5 Å². The van der Waals surface area contributed by atoms with Gasteiger partial charge in [-0.05, 0) is 55.5 Å². The Morgan fingerprint density at radius 1 is 1.00 bits per heavy atom. The summed E-state index contributed by atoms with van der Waals surface area (Å²) in [4.78, 5) is 0. The molecule has 0 saturated carbocycles. The highest BCUT2D eigenvalue weighted by Gasteiger charge is 2.14. The zero-order valence-electron chi connectivity index (χ0n) is 11.8. The normalized spacial score (nSPS) is 12.4. The van der Waals surface area contributed by atoms with E-state index in [1.54, 1.807) is 12.1 Å². The molecule has 0 fully saturated rings. The molecule has 0 saturated heterocycles. The lowest BCUT2D eigenvalue weighted by atomic mass is 9.93. The highest BCUT2D eigenvalue weighted by Crippen LogP contribution is 2.22. The van der Waals surface area contributed by atoms with E-state index in [9.17, 15) is 4.39 Å². The summed E-state index contributed by atoms with van der Waals surface area (Å²) >= 11 is 6.04. The second-order valence-corrected chi connectivity index (χ2v) is 5.65. The minimum atomic E-state index is -0.283. The average Bonchev–Trinajstić information content (AvgIpc) is 2.39. The summed E-state index contributed by atoms with van der Waals surface area (Å²) in [5.74, 6) is -0.283. The van der Waals surface area contributed by atoms with Crippen LogP contribution in [0.5, 0.6) is 0 Å². The molecule has 0 heterocycles. The first-order valence-corrected chi connectivity index (χ1v) is 7.10. The van der Waals surface area contributed by atoms with Crippen LogP contribution < -0.4 is 5.73 Å². The SMILES string of the molecule is Cc1cccc(C)c1CC(N)Cc1c(F)cccc1Cl. The van der Waals surface area contributed by atoms with E-state index in [0.717, 1.165) is 6.42 Å². The van der Waals surface area contributed by atoms with Crippen molar-refractivity contribution in [1.82, 2.24) is 0 Å². The van der Waals surface area contributed by atoms with Gasteiger partial charge in [-0.1, -0.05) is 35.9 Å². The van der Waals surface area contributed by atoms with Gasteiger partial charge >= 0.3 is 0 Å². The van der Waals surface area contributed by atoms with Crippen molar-refractivity contribution < 1.29 is 4.39 Å². The van der Waals surface area contributed by atoms with Crippen LogP contribution in [0.2, 0.25) is 5.02 Å². The van der Waals surface area contributed by atoms with Gasteiger partial charge in [0.2, 0.25) is 0 Å². The Kier molecular flexibility index (Phi) is 4.79. The molecule has 1 unspecified atom stereocenters. The van der Waals surface area contributed by atoms with Crippen molar-refractivity contribution in [1.29, 1.82) is 0 Å². The van der Waals surface area contributed by atoms with E-state index in [0.29, 0.717) is 17.0 Å². The van der Waals surface area contributed by atoms with Gasteiger partial charge in [-0.15, -0.1) is 0 Å². The molecule has 0 aromatic heterocycles. The van der Waals surface area contributed by atoms with Crippen LogP contribution in [-0.4, -0.2) is 6.04 Å². The molecule has 20 heavy (non-hydrogen) atoms. The summed E-state index contributed by atoms with van der Waals surface area (Å²) in [6.07, 6.45) is 1.17. The minimum Gasteiger partial charge on any atom is -0.327 e. The average molecular weight is 292 g/mol. The lowest BCUT2D eigenvalue weighted by molar-refractivity contribution is 0.583. The van der Waals surface area contributed by atoms with Gasteiger partial charge in [-0.3, -0.25) is 0 Å². The molecule has 0 spiro atoms. The zero-order chi connectivity index (χ0) is 14.7. The number of hydrogen-bond donors (Lipinski definition) is 1. The van der Waals surface area contributed by atoms with Gasteiger partial charge in [0.25, 0.3) is 0 Å². The molecule has 2 aromatic carbocycles. The Labute approximate surface area is 124 Å². The van der Waals surface area contributed by atoms with Crippen LogP contribution in [0.1, 0.15) is 22.3 Å². The maximum atomic E-state index is 13.8. The number of hydrogen-bond acceptors (Lipinski definition) is 1. The zero-order valence-corrected chi connectivity index (χ0v) is 12.5. The molecule has 1 nitrogen and oxygen atoms in total. The molecule has 3 heteroatoms. The van der Waals surface area contributed by atoms with Crippen molar-refractivity contribution in [2.45, 2.75) is 32.7 Å². The molecule has 0 radical (unpaired) electrons. The Morgan fingerprint density at radius 2 is 1.55 bits per heavy atom. The van der Waals surface area contributed by atoms with Crippen molar-refractivity contribution in [2.24, 2.45) is 5.73 Å². The Balaban J connectivity index is 2.15. The van der Waals surface area contributed by atoms with Crippen LogP contribution in [0.3, 0.4) is 0 Å². The fraction of sp³-hybridized carbons (Fsp3) is 0.294. The standard InChI is InChI=1S/C17H19ClFN/c1-11-5-3-6-12(2)14(11)9-13(20)10-15-16(18)7-4-8-17(15)19/h3-8,13H,9-10,20H2,1-2H3. The molecule has 0 aliphatic heterocycles. The minimum absolute atomic E-state index is 0.149. The number of benzene rings is 2. The second kappa shape index (κ2) is 6.38. The third-order valence-electron chi connectivity index (χ3n) is 3.64. The summed E-state index contributed by atoms with van der Waals surface area (Å²) < 4.78 is 13.8. The van der Waals surface area contributed by atoms with Crippen LogP contribution in [0.4, 0.5) is 4.39 Å². The first-order chi connectivity index (χ1) is 9.49. The molecule has 106 valence electrons. The fourth-order valence-corrected chi connectivity index (χ4v) is 2.73. The maximum absolute atomic E-state index is 13.8. The molecule has 0 amide bonds. The van der Waals surface area contributed by atoms with Crippen molar-refractivity contribution >= 4 is 11.6 Å². The number of halogens is 2. The predicted octanol–water partition coefficient (Wildman–Crippen LogP) is 4.21. The lowest BCUT2D eigenvalue weighted by Crippen LogP contribution is -2.27. The number of nitrogens with two attached hydrogens (primary N) is 1. The van der Waals surface area contributed by atoms with Crippen molar-refractivity contribution in [2.75, 3.05) is 0 Å². The van der Waals surface area contributed by atoms with Crippen molar-refractivity contribution in [3.8, 4) is 0 Å². The van der Waals surface area contributed by atoms with Crippen LogP contribution in [0, 0.1) is 19.7 Å². The van der Waals surface area contributed by atoms with Gasteiger partial charge in [-0.2, -0.15) is 0 Å². The summed E-state index contributed by atoms with van der Waals surface area (Å²) in [6, 6.07) is 10.8. The molecule has 1 atom stereocenters. The van der Waals surface area contributed by atoms with Gasteiger partial charge in [-0.25, -0.2) is 4.39 Å². The van der Waals surface area contributed by atoms with Crippen LogP contribution in [0.15, 0.2) is 36.4 Å². The largest absolute Gasteiger partial charge is 0.327 e. The highest BCUT2D eigenvalue weighted by molar-refractivity contribution is 6.31. The van der Waals surface area contributed by atoms with Crippen LogP contribution in [0.25, 0.3) is 0 Å². The van der Waals surface area contributed by atoms with E-state index in [-0.39, 0.29) is 11.9 Å². The van der Waals surface area contributed by atoms with E-state index < -0.39 is 0 Å². The summed E-state index contributed by atoms with van der Waals surface area (Å²) in [5.41, 5.74) is 10.4. The van der Waals surface area contributed by atoms with E-state index in [2.05, 4.69) is 26.0 Å².